The molecule has 0 saturated heterocycles. The van der Waals surface area contributed by atoms with Crippen LogP contribution in [0, 0.1) is 0 Å². The van der Waals surface area contributed by atoms with E-state index in [2.05, 4.69) is 25.3 Å². The molecule has 0 aliphatic heterocycles. The molecule has 0 atom stereocenters. The number of nitrogens with one attached hydrogen (secondary N) is 1. The van der Waals surface area contributed by atoms with E-state index in [1.54, 1.807) is 41.6 Å². The van der Waals surface area contributed by atoms with Crippen molar-refractivity contribution in [2.24, 2.45) is 0 Å². The Bertz CT molecular complexity index is 624. The van der Waals surface area contributed by atoms with Gasteiger partial charge in [-0.15, -0.1) is 11.3 Å². The van der Waals surface area contributed by atoms with Crippen molar-refractivity contribution in [3.05, 3.63) is 48.5 Å². The van der Waals surface area contributed by atoms with E-state index in [0.717, 1.165) is 16.4 Å². The van der Waals surface area contributed by atoms with Gasteiger partial charge in [-0.3, -0.25) is 9.97 Å². The van der Waals surface area contributed by atoms with Crippen LogP contribution in [0.5, 0.6) is 0 Å². The Hall–Kier alpha value is -2.34. The molecule has 0 saturated carbocycles. The minimum atomic E-state index is 0.673. The Labute approximate surface area is 108 Å². The minimum Gasteiger partial charge on any atom is -0.324 e. The van der Waals surface area contributed by atoms with Crippen LogP contribution in [-0.4, -0.2) is 19.9 Å². The molecule has 18 heavy (non-hydrogen) atoms. The molecule has 3 rings (SSSR count). The lowest BCUT2D eigenvalue weighted by molar-refractivity contribution is 1.18. The Morgan fingerprint density at radius 1 is 1.00 bits per heavy atom. The van der Waals surface area contributed by atoms with Crippen LogP contribution in [0.2, 0.25) is 0 Å². The average Bonchev–Trinajstić information content (AvgIpc) is 2.94. The Balaban J connectivity index is 1.88. The molecule has 0 aromatic carbocycles. The van der Waals surface area contributed by atoms with Crippen molar-refractivity contribution < 1.29 is 0 Å². The molecule has 3 heterocycles. The topological polar surface area (TPSA) is 63.6 Å². The zero-order valence-electron chi connectivity index (χ0n) is 9.32. The molecule has 0 bridgehead atoms. The predicted molar refractivity (Wildman–Crippen MR) is 70.7 cm³/mol. The monoisotopic (exact) mass is 255 g/mol. The maximum atomic E-state index is 4.50. The first-order chi connectivity index (χ1) is 8.92. The summed E-state index contributed by atoms with van der Waals surface area (Å²) in [7, 11) is 0. The standard InChI is InChI=1S/C12H9N5S/c1-2-9(10-6-14-8-18-10)16-11(3-1)17-12-7-13-4-5-15-12/h1-8H,(H,15,16,17). The van der Waals surface area contributed by atoms with Crippen molar-refractivity contribution >= 4 is 23.0 Å². The molecule has 3 aromatic heterocycles. The molecule has 0 aliphatic rings. The van der Waals surface area contributed by atoms with E-state index in [-0.39, 0.29) is 0 Å². The number of hydrogen-bond acceptors (Lipinski definition) is 6. The van der Waals surface area contributed by atoms with E-state index in [0.29, 0.717) is 5.82 Å². The fourth-order valence-electron chi connectivity index (χ4n) is 1.48. The molecule has 0 spiro atoms. The third-order valence-electron chi connectivity index (χ3n) is 2.25. The molecule has 3 aromatic rings. The van der Waals surface area contributed by atoms with E-state index < -0.39 is 0 Å². The van der Waals surface area contributed by atoms with Gasteiger partial charge < -0.3 is 5.32 Å². The molecule has 5 nitrogen and oxygen atoms in total. The zero-order valence-corrected chi connectivity index (χ0v) is 10.1. The van der Waals surface area contributed by atoms with Crippen LogP contribution >= 0.6 is 11.3 Å². The molecule has 0 unspecified atom stereocenters. The van der Waals surface area contributed by atoms with E-state index in [4.69, 9.17) is 0 Å². The molecule has 0 fully saturated rings. The van der Waals surface area contributed by atoms with Gasteiger partial charge in [-0.05, 0) is 12.1 Å². The van der Waals surface area contributed by atoms with Gasteiger partial charge in [0.05, 0.1) is 22.3 Å². The molecule has 0 aliphatic carbocycles. The van der Waals surface area contributed by atoms with Gasteiger partial charge in [0.25, 0.3) is 0 Å². The van der Waals surface area contributed by atoms with Gasteiger partial charge in [0.2, 0.25) is 0 Å². The summed E-state index contributed by atoms with van der Waals surface area (Å²) in [5, 5.41) is 3.11. The van der Waals surface area contributed by atoms with Crippen LogP contribution in [0.3, 0.4) is 0 Å². The predicted octanol–water partition coefficient (Wildman–Crippen LogP) is 2.74. The van der Waals surface area contributed by atoms with Crippen LogP contribution < -0.4 is 5.32 Å². The van der Waals surface area contributed by atoms with Gasteiger partial charge >= 0.3 is 0 Å². The molecule has 88 valence electrons. The highest BCUT2D eigenvalue weighted by molar-refractivity contribution is 7.13. The second kappa shape index (κ2) is 4.89. The van der Waals surface area contributed by atoms with Gasteiger partial charge in [0.15, 0.2) is 0 Å². The zero-order chi connectivity index (χ0) is 12.2. The number of pyridine rings is 1. The quantitative estimate of drug-likeness (QED) is 0.779. The summed E-state index contributed by atoms with van der Waals surface area (Å²) in [5.41, 5.74) is 2.69. The van der Waals surface area contributed by atoms with Crippen LogP contribution in [-0.2, 0) is 0 Å². The normalized spacial score (nSPS) is 10.2. The van der Waals surface area contributed by atoms with E-state index in [1.165, 1.54) is 0 Å². The summed E-state index contributed by atoms with van der Waals surface area (Å²) in [6.45, 7) is 0. The lowest BCUT2D eigenvalue weighted by atomic mass is 10.3. The molecular weight excluding hydrogens is 246 g/mol. The SMILES string of the molecule is c1cc(Nc2cnccn2)nc(-c2cncs2)c1. The number of rotatable bonds is 3. The van der Waals surface area contributed by atoms with Crippen LogP contribution in [0.1, 0.15) is 0 Å². The van der Waals surface area contributed by atoms with Crippen molar-refractivity contribution in [1.82, 2.24) is 19.9 Å². The summed E-state index contributed by atoms with van der Waals surface area (Å²) in [6.07, 6.45) is 6.72. The van der Waals surface area contributed by atoms with Crippen molar-refractivity contribution in [2.75, 3.05) is 5.32 Å². The highest BCUT2D eigenvalue weighted by atomic mass is 32.1. The summed E-state index contributed by atoms with van der Waals surface area (Å²) in [5.74, 6) is 1.41. The third kappa shape index (κ3) is 2.33. The highest BCUT2D eigenvalue weighted by Gasteiger charge is 2.03. The molecule has 1 N–H and O–H groups in total. The average molecular weight is 255 g/mol. The first-order valence-corrected chi connectivity index (χ1v) is 6.19. The number of thiazole rings is 1. The second-order valence-electron chi connectivity index (χ2n) is 3.49. The third-order valence-corrected chi connectivity index (χ3v) is 3.05. The fourth-order valence-corrected chi connectivity index (χ4v) is 2.07. The minimum absolute atomic E-state index is 0.673. The van der Waals surface area contributed by atoms with Crippen molar-refractivity contribution in [2.45, 2.75) is 0 Å². The Morgan fingerprint density at radius 2 is 2.00 bits per heavy atom. The largest absolute Gasteiger partial charge is 0.324 e. The van der Waals surface area contributed by atoms with E-state index in [1.807, 2.05) is 18.2 Å². The highest BCUT2D eigenvalue weighted by Crippen LogP contribution is 2.22. The lowest BCUT2D eigenvalue weighted by Crippen LogP contribution is -1.96. The van der Waals surface area contributed by atoms with Crippen molar-refractivity contribution in [1.29, 1.82) is 0 Å². The number of anilines is 2. The summed E-state index contributed by atoms with van der Waals surface area (Å²) in [4.78, 5) is 17.7. The van der Waals surface area contributed by atoms with Crippen LogP contribution in [0.4, 0.5) is 11.6 Å². The Morgan fingerprint density at radius 3 is 2.78 bits per heavy atom. The van der Waals surface area contributed by atoms with Crippen molar-refractivity contribution in [3.63, 3.8) is 0 Å². The maximum Gasteiger partial charge on any atom is 0.150 e. The first-order valence-electron chi connectivity index (χ1n) is 5.31. The summed E-state index contributed by atoms with van der Waals surface area (Å²) >= 11 is 1.56. The van der Waals surface area contributed by atoms with Gasteiger partial charge in [-0.2, -0.15) is 0 Å². The number of aromatic nitrogens is 4. The maximum absolute atomic E-state index is 4.50. The van der Waals surface area contributed by atoms with E-state index in [9.17, 15) is 0 Å². The summed E-state index contributed by atoms with van der Waals surface area (Å²) in [6, 6.07) is 5.79. The smallest absolute Gasteiger partial charge is 0.150 e. The first kappa shape index (κ1) is 10.8. The van der Waals surface area contributed by atoms with Gasteiger partial charge in [0.1, 0.15) is 11.6 Å². The van der Waals surface area contributed by atoms with Gasteiger partial charge in [-0.25, -0.2) is 9.97 Å². The van der Waals surface area contributed by atoms with Crippen LogP contribution in [0.25, 0.3) is 10.6 Å². The Kier molecular flexibility index (Phi) is 2.93. The molecule has 6 heteroatoms. The van der Waals surface area contributed by atoms with Crippen molar-refractivity contribution in [3.8, 4) is 10.6 Å². The van der Waals surface area contributed by atoms with E-state index >= 15 is 0 Å². The molecule has 0 radical (unpaired) electrons. The fraction of sp³-hybridized carbons (Fsp3) is 0. The van der Waals surface area contributed by atoms with Crippen LogP contribution in [0.15, 0.2) is 48.5 Å². The lowest BCUT2D eigenvalue weighted by Gasteiger charge is -2.04. The summed E-state index contributed by atoms with van der Waals surface area (Å²) < 4.78 is 0. The second-order valence-corrected chi connectivity index (χ2v) is 4.38. The number of hydrogen-bond donors (Lipinski definition) is 1. The van der Waals surface area contributed by atoms with Gasteiger partial charge in [-0.1, -0.05) is 6.07 Å². The van der Waals surface area contributed by atoms with Gasteiger partial charge in [0, 0.05) is 18.6 Å². The number of nitrogens with zero attached hydrogens (tertiary/aromatic N) is 4. The molecule has 0 amide bonds. The molecular formula is C12H9N5S.